The van der Waals surface area contributed by atoms with Crippen molar-refractivity contribution in [1.29, 1.82) is 0 Å². The second kappa shape index (κ2) is 6.21. The van der Waals surface area contributed by atoms with Crippen LogP contribution < -0.4 is 0 Å². The van der Waals surface area contributed by atoms with Crippen molar-refractivity contribution in [3.8, 4) is 0 Å². The van der Waals surface area contributed by atoms with Crippen LogP contribution in [0.5, 0.6) is 0 Å². The zero-order valence-electron chi connectivity index (χ0n) is 14.1. The average molecular weight is 376 g/mol. The number of hydrogen-bond acceptors (Lipinski definition) is 5. The molecule has 0 fully saturated rings. The van der Waals surface area contributed by atoms with E-state index in [1.54, 1.807) is 12.1 Å². The molecule has 0 saturated carbocycles. The molecule has 0 saturated heterocycles. The Kier molecular flexibility index (Phi) is 4.93. The molecule has 1 N–H and O–H groups in total. The van der Waals surface area contributed by atoms with Crippen LogP contribution in [0, 0.1) is 0 Å². The maximum atomic E-state index is 11.9. The summed E-state index contributed by atoms with van der Waals surface area (Å²) in [5.74, 6) is -0.317. The van der Waals surface area contributed by atoms with Crippen LogP contribution in [0.25, 0.3) is 0 Å². The molecule has 0 unspecified atom stereocenters. The highest BCUT2D eigenvalue weighted by atomic mass is 32.2. The van der Waals surface area contributed by atoms with Gasteiger partial charge in [-0.2, -0.15) is 21.4 Å². The average Bonchev–Trinajstić information content (AvgIpc) is 2.67. The van der Waals surface area contributed by atoms with Gasteiger partial charge in [0.25, 0.3) is 20.2 Å². The van der Waals surface area contributed by atoms with Gasteiger partial charge in [0.1, 0.15) is 6.54 Å². The fourth-order valence-electron chi connectivity index (χ4n) is 2.91. The van der Waals surface area contributed by atoms with Crippen LogP contribution in [0.15, 0.2) is 23.1 Å². The normalized spacial score (nSPS) is 17.2. The molecule has 1 aromatic rings. The lowest BCUT2D eigenvalue weighted by molar-refractivity contribution is -0.438. The molecule has 0 radical (unpaired) electrons. The van der Waals surface area contributed by atoms with E-state index in [1.807, 2.05) is 25.3 Å². The summed E-state index contributed by atoms with van der Waals surface area (Å²) in [6.07, 6.45) is 0.268. The van der Waals surface area contributed by atoms with Gasteiger partial charge in [-0.25, -0.2) is 0 Å². The first kappa shape index (κ1) is 19.0. The van der Waals surface area contributed by atoms with Crippen LogP contribution in [0.4, 0.5) is 5.69 Å². The van der Waals surface area contributed by atoms with Gasteiger partial charge in [0, 0.05) is 25.0 Å². The lowest BCUT2D eigenvalue weighted by Gasteiger charge is -2.15. The third kappa shape index (κ3) is 3.53. The van der Waals surface area contributed by atoms with Crippen molar-refractivity contribution in [2.75, 3.05) is 19.4 Å². The molecule has 1 aliphatic heterocycles. The molecule has 7 nitrogen and oxygen atoms in total. The Bertz CT molecular complexity index is 898. The van der Waals surface area contributed by atoms with Gasteiger partial charge in [-0.05, 0) is 26.0 Å². The molecule has 0 bridgehead atoms. The lowest BCUT2D eigenvalue weighted by atomic mass is 9.82. The Hall–Kier alpha value is -1.29. The number of hydrogen-bond donors (Lipinski definition) is 1. The van der Waals surface area contributed by atoms with Crippen LogP contribution in [0.1, 0.15) is 32.8 Å². The Balaban J connectivity index is 2.43. The van der Waals surface area contributed by atoms with E-state index in [9.17, 15) is 16.8 Å². The Morgan fingerprint density at radius 3 is 2.38 bits per heavy atom. The third-order valence-corrected chi connectivity index (χ3v) is 6.61. The maximum Gasteiger partial charge on any atom is 0.296 e. The van der Waals surface area contributed by atoms with Crippen molar-refractivity contribution in [1.82, 2.24) is 0 Å². The summed E-state index contributed by atoms with van der Waals surface area (Å²) in [6.45, 7) is 6.30. The molecule has 0 amide bonds. The summed E-state index contributed by atoms with van der Waals surface area (Å²) in [5, 5.41) is 0. The molecule has 24 heavy (non-hydrogen) atoms. The summed E-state index contributed by atoms with van der Waals surface area (Å²) in [6, 6.07) is 4.77. The highest BCUT2D eigenvalue weighted by Gasteiger charge is 2.43. The van der Waals surface area contributed by atoms with E-state index in [1.165, 1.54) is 6.07 Å². The van der Waals surface area contributed by atoms with Crippen LogP contribution in [-0.2, 0) is 29.8 Å². The summed E-state index contributed by atoms with van der Waals surface area (Å²) >= 11 is 0. The number of benzene rings is 1. The molecule has 0 aromatic heterocycles. The Labute approximate surface area is 142 Å². The quantitative estimate of drug-likeness (QED) is 0.461. The first-order chi connectivity index (χ1) is 10.9. The number of rotatable bonds is 6. The van der Waals surface area contributed by atoms with E-state index in [0.29, 0.717) is 6.54 Å². The van der Waals surface area contributed by atoms with Crippen molar-refractivity contribution < 1.29 is 30.1 Å². The van der Waals surface area contributed by atoms with E-state index in [4.69, 9.17) is 4.55 Å². The highest BCUT2D eigenvalue weighted by molar-refractivity contribution is 7.86. The molecular weight excluding hydrogens is 354 g/mol. The summed E-state index contributed by atoms with van der Waals surface area (Å²) < 4.78 is 61.0. The number of nitrogens with zero attached hydrogens (tertiary/aromatic N) is 1. The maximum absolute atomic E-state index is 11.9. The zero-order valence-corrected chi connectivity index (χ0v) is 15.7. The second-order valence-corrected chi connectivity index (χ2v) is 9.59. The standard InChI is InChI=1S/C15H21NO6S2/c1-11-15(2,3)13-10-12(24(20,21)22-4)6-7-14(13)16(11)8-5-9-23(17,18)19/h6-7,10H,5,8-9H2,1-4H3/p+1. The van der Waals surface area contributed by atoms with Gasteiger partial charge >= 0.3 is 0 Å². The van der Waals surface area contributed by atoms with Crippen molar-refractivity contribution in [3.63, 3.8) is 0 Å². The summed E-state index contributed by atoms with van der Waals surface area (Å²) in [4.78, 5) is 0.0874. The smallest absolute Gasteiger partial charge is 0.286 e. The lowest BCUT2D eigenvalue weighted by Crippen LogP contribution is -2.27. The third-order valence-electron chi connectivity index (χ3n) is 4.53. The zero-order chi connectivity index (χ0) is 18.3. The highest BCUT2D eigenvalue weighted by Crippen LogP contribution is 2.40. The predicted octanol–water partition coefficient (Wildman–Crippen LogP) is 1.70. The molecule has 0 spiro atoms. The van der Waals surface area contributed by atoms with Crippen LogP contribution in [0.2, 0.25) is 0 Å². The minimum atomic E-state index is -4.00. The van der Waals surface area contributed by atoms with E-state index in [2.05, 4.69) is 4.18 Å². The van der Waals surface area contributed by atoms with E-state index >= 15 is 0 Å². The molecule has 1 heterocycles. The van der Waals surface area contributed by atoms with Crippen LogP contribution in [0.3, 0.4) is 0 Å². The predicted molar refractivity (Wildman–Crippen MR) is 90.2 cm³/mol. The van der Waals surface area contributed by atoms with E-state index in [-0.39, 0.29) is 17.1 Å². The minimum absolute atomic E-state index is 0.0874. The van der Waals surface area contributed by atoms with E-state index < -0.39 is 25.7 Å². The van der Waals surface area contributed by atoms with Crippen molar-refractivity contribution >= 4 is 31.6 Å². The van der Waals surface area contributed by atoms with Gasteiger partial charge in [-0.3, -0.25) is 8.74 Å². The first-order valence-electron chi connectivity index (χ1n) is 7.42. The monoisotopic (exact) mass is 376 g/mol. The second-order valence-electron chi connectivity index (χ2n) is 6.30. The van der Waals surface area contributed by atoms with Gasteiger partial charge in [-0.15, -0.1) is 0 Å². The van der Waals surface area contributed by atoms with Crippen molar-refractivity contribution in [2.24, 2.45) is 0 Å². The van der Waals surface area contributed by atoms with Crippen LogP contribution in [-0.4, -0.2) is 51.1 Å². The molecule has 9 heteroatoms. The first-order valence-corrected chi connectivity index (χ1v) is 10.4. The fraction of sp³-hybridized carbons (Fsp3) is 0.533. The van der Waals surface area contributed by atoms with Gasteiger partial charge < -0.3 is 0 Å². The summed E-state index contributed by atoms with van der Waals surface area (Å²) in [7, 11) is -6.66. The van der Waals surface area contributed by atoms with Gasteiger partial charge in [-0.1, -0.05) is 0 Å². The van der Waals surface area contributed by atoms with Gasteiger partial charge in [0.05, 0.1) is 23.2 Å². The van der Waals surface area contributed by atoms with Crippen molar-refractivity contribution in [2.45, 2.75) is 37.5 Å². The molecule has 1 aromatic carbocycles. The van der Waals surface area contributed by atoms with Crippen LogP contribution >= 0.6 is 0 Å². The number of fused-ring (bicyclic) bond motifs is 1. The molecule has 0 atom stereocenters. The molecule has 1 aliphatic rings. The van der Waals surface area contributed by atoms with E-state index in [0.717, 1.165) is 24.1 Å². The Morgan fingerprint density at radius 2 is 1.83 bits per heavy atom. The van der Waals surface area contributed by atoms with Gasteiger partial charge in [0.15, 0.2) is 5.71 Å². The van der Waals surface area contributed by atoms with Gasteiger partial charge in [0.2, 0.25) is 5.69 Å². The summed E-state index contributed by atoms with van der Waals surface area (Å²) in [5.41, 5.74) is 2.26. The SMILES string of the molecule is COS(=O)(=O)c1ccc2c(c1)C(C)(C)C(C)=[N+]2CCCS(=O)(=O)O. The fourth-order valence-corrected chi connectivity index (χ4v) is 4.09. The molecule has 0 aliphatic carbocycles. The Morgan fingerprint density at radius 1 is 1.21 bits per heavy atom. The minimum Gasteiger partial charge on any atom is -0.286 e. The molecule has 134 valence electrons. The molecule has 2 rings (SSSR count). The largest absolute Gasteiger partial charge is 0.296 e. The topological polar surface area (TPSA) is 101 Å². The van der Waals surface area contributed by atoms with Crippen molar-refractivity contribution in [3.05, 3.63) is 23.8 Å². The molecular formula is C15H22NO6S2+.